The highest BCUT2D eigenvalue weighted by Gasteiger charge is 2.34. The van der Waals surface area contributed by atoms with Crippen LogP contribution in [-0.4, -0.2) is 17.1 Å². The highest BCUT2D eigenvalue weighted by molar-refractivity contribution is 5.71. The van der Waals surface area contributed by atoms with E-state index in [1.807, 2.05) is 6.08 Å². The van der Waals surface area contributed by atoms with E-state index in [1.165, 1.54) is 18.4 Å². The summed E-state index contributed by atoms with van der Waals surface area (Å²) in [6, 6.07) is -0.267. The van der Waals surface area contributed by atoms with Gasteiger partial charge in [-0.3, -0.25) is 4.79 Å². The van der Waals surface area contributed by atoms with Gasteiger partial charge in [-0.15, -0.1) is 0 Å². The number of carboxylic acids is 1. The molecule has 0 radical (unpaired) electrons. The number of carbonyl (C=O) groups is 1. The summed E-state index contributed by atoms with van der Waals surface area (Å²) >= 11 is 0. The molecule has 0 saturated heterocycles. The van der Waals surface area contributed by atoms with Crippen LogP contribution in [0.2, 0.25) is 0 Å². The molecule has 0 aliphatic heterocycles. The zero-order chi connectivity index (χ0) is 10.1. The summed E-state index contributed by atoms with van der Waals surface area (Å²) in [6.45, 7) is 0. The maximum atomic E-state index is 10.9. The van der Waals surface area contributed by atoms with Gasteiger partial charge in [0.2, 0.25) is 0 Å². The number of hydrogen-bond donors (Lipinski definition) is 2. The van der Waals surface area contributed by atoms with Crippen LogP contribution in [0.15, 0.2) is 11.6 Å². The molecular formula is C11H17NO2. The Bertz CT molecular complexity index is 272. The molecular weight excluding hydrogens is 178 g/mol. The van der Waals surface area contributed by atoms with Crippen molar-refractivity contribution in [3.63, 3.8) is 0 Å². The second kappa shape index (κ2) is 3.73. The molecule has 2 rings (SSSR count). The van der Waals surface area contributed by atoms with Gasteiger partial charge in [0.25, 0.3) is 0 Å². The summed E-state index contributed by atoms with van der Waals surface area (Å²) in [5.74, 6) is -0.593. The Morgan fingerprint density at radius 1 is 1.50 bits per heavy atom. The van der Waals surface area contributed by atoms with E-state index in [2.05, 4.69) is 0 Å². The first kappa shape index (κ1) is 9.71. The maximum Gasteiger partial charge on any atom is 0.308 e. The Morgan fingerprint density at radius 2 is 2.29 bits per heavy atom. The molecule has 3 N–H and O–H groups in total. The molecule has 1 saturated carbocycles. The molecule has 0 heterocycles. The van der Waals surface area contributed by atoms with Gasteiger partial charge in [0, 0.05) is 6.04 Å². The number of carboxylic acid groups (broad SMARTS) is 1. The predicted molar refractivity (Wildman–Crippen MR) is 53.8 cm³/mol. The molecule has 0 aromatic rings. The minimum absolute atomic E-state index is 0.267. The minimum Gasteiger partial charge on any atom is -0.481 e. The Kier molecular flexibility index (Phi) is 2.59. The van der Waals surface area contributed by atoms with E-state index in [1.54, 1.807) is 0 Å². The fourth-order valence-electron chi connectivity index (χ4n) is 2.69. The summed E-state index contributed by atoms with van der Waals surface area (Å²) in [5, 5.41) is 8.99. The quantitative estimate of drug-likeness (QED) is 0.624. The first-order valence-corrected chi connectivity index (χ1v) is 5.37. The molecule has 3 unspecified atom stereocenters. The van der Waals surface area contributed by atoms with Crippen LogP contribution in [-0.2, 0) is 4.79 Å². The highest BCUT2D eigenvalue weighted by Crippen LogP contribution is 2.38. The van der Waals surface area contributed by atoms with Gasteiger partial charge in [0.15, 0.2) is 0 Å². The van der Waals surface area contributed by atoms with Crippen molar-refractivity contribution in [2.75, 3.05) is 0 Å². The van der Waals surface area contributed by atoms with Crippen molar-refractivity contribution in [1.29, 1.82) is 0 Å². The van der Waals surface area contributed by atoms with E-state index in [-0.39, 0.29) is 12.0 Å². The summed E-state index contributed by atoms with van der Waals surface area (Å²) in [6.07, 6.45) is 7.53. The summed E-state index contributed by atoms with van der Waals surface area (Å²) in [5.41, 5.74) is 7.25. The largest absolute Gasteiger partial charge is 0.481 e. The van der Waals surface area contributed by atoms with Crippen molar-refractivity contribution in [3.8, 4) is 0 Å². The van der Waals surface area contributed by atoms with Crippen molar-refractivity contribution in [1.82, 2.24) is 0 Å². The van der Waals surface area contributed by atoms with E-state index in [4.69, 9.17) is 10.8 Å². The normalized spacial score (nSPS) is 37.2. The predicted octanol–water partition coefficient (Wildman–Crippen LogP) is 1.53. The first-order chi connectivity index (χ1) is 6.68. The third-order valence-corrected chi connectivity index (χ3v) is 3.52. The Morgan fingerprint density at radius 3 is 3.00 bits per heavy atom. The number of fused-ring (bicyclic) bond motifs is 1. The van der Waals surface area contributed by atoms with Crippen LogP contribution in [0.5, 0.6) is 0 Å². The van der Waals surface area contributed by atoms with Crippen LogP contribution in [0.1, 0.15) is 32.1 Å². The first-order valence-electron chi connectivity index (χ1n) is 5.37. The van der Waals surface area contributed by atoms with Gasteiger partial charge in [0.05, 0.1) is 5.92 Å². The third kappa shape index (κ3) is 1.69. The average Bonchev–Trinajstić information content (AvgIpc) is 2.16. The van der Waals surface area contributed by atoms with Crippen LogP contribution >= 0.6 is 0 Å². The number of rotatable bonds is 1. The second-order valence-electron chi connectivity index (χ2n) is 4.44. The van der Waals surface area contributed by atoms with E-state index in [0.717, 1.165) is 19.3 Å². The van der Waals surface area contributed by atoms with E-state index >= 15 is 0 Å². The molecule has 0 aromatic heterocycles. The molecule has 3 heteroatoms. The van der Waals surface area contributed by atoms with Gasteiger partial charge in [-0.2, -0.15) is 0 Å². The highest BCUT2D eigenvalue weighted by atomic mass is 16.4. The SMILES string of the molecule is NC1C=C2CCCCC2CC1C(=O)O. The van der Waals surface area contributed by atoms with Gasteiger partial charge < -0.3 is 10.8 Å². The molecule has 2 aliphatic rings. The number of allylic oxidation sites excluding steroid dienone is 1. The van der Waals surface area contributed by atoms with Gasteiger partial charge in [0.1, 0.15) is 0 Å². The van der Waals surface area contributed by atoms with E-state index in [0.29, 0.717) is 5.92 Å². The van der Waals surface area contributed by atoms with Gasteiger partial charge in [-0.25, -0.2) is 0 Å². The van der Waals surface area contributed by atoms with Crippen molar-refractivity contribution < 1.29 is 9.90 Å². The minimum atomic E-state index is -0.738. The van der Waals surface area contributed by atoms with Gasteiger partial charge >= 0.3 is 5.97 Å². The van der Waals surface area contributed by atoms with Gasteiger partial charge in [-0.1, -0.05) is 18.1 Å². The molecule has 0 amide bonds. The number of nitrogens with two attached hydrogens (primary N) is 1. The number of aliphatic carboxylic acids is 1. The lowest BCUT2D eigenvalue weighted by Crippen LogP contribution is -2.39. The zero-order valence-electron chi connectivity index (χ0n) is 8.28. The van der Waals surface area contributed by atoms with E-state index < -0.39 is 5.97 Å². The van der Waals surface area contributed by atoms with E-state index in [9.17, 15) is 4.79 Å². The van der Waals surface area contributed by atoms with Crippen molar-refractivity contribution in [3.05, 3.63) is 11.6 Å². The molecule has 0 spiro atoms. The number of hydrogen-bond acceptors (Lipinski definition) is 2. The Balaban J connectivity index is 2.16. The smallest absolute Gasteiger partial charge is 0.308 e. The van der Waals surface area contributed by atoms with Crippen molar-refractivity contribution >= 4 is 5.97 Å². The maximum absolute atomic E-state index is 10.9. The lowest BCUT2D eigenvalue weighted by molar-refractivity contribution is -0.142. The van der Waals surface area contributed by atoms with Gasteiger partial charge in [-0.05, 0) is 31.6 Å². The summed E-state index contributed by atoms with van der Waals surface area (Å²) in [4.78, 5) is 10.9. The Hall–Kier alpha value is -0.830. The van der Waals surface area contributed by atoms with Crippen molar-refractivity contribution in [2.24, 2.45) is 17.6 Å². The van der Waals surface area contributed by atoms with Crippen LogP contribution in [0.3, 0.4) is 0 Å². The molecule has 0 aromatic carbocycles. The fraction of sp³-hybridized carbons (Fsp3) is 0.727. The standard InChI is InChI=1S/C11H17NO2/c12-10-6-8-4-2-1-3-7(8)5-9(10)11(13)14/h6-7,9-10H,1-5,12H2,(H,13,14). The van der Waals surface area contributed by atoms with Crippen LogP contribution < -0.4 is 5.73 Å². The molecule has 2 aliphatic carbocycles. The van der Waals surface area contributed by atoms with Crippen molar-refractivity contribution in [2.45, 2.75) is 38.1 Å². The molecule has 3 atom stereocenters. The van der Waals surface area contributed by atoms with Crippen LogP contribution in [0.25, 0.3) is 0 Å². The lowest BCUT2D eigenvalue weighted by Gasteiger charge is -2.34. The van der Waals surface area contributed by atoms with Crippen LogP contribution in [0.4, 0.5) is 0 Å². The third-order valence-electron chi connectivity index (χ3n) is 3.52. The fourth-order valence-corrected chi connectivity index (χ4v) is 2.69. The zero-order valence-corrected chi connectivity index (χ0v) is 8.28. The molecule has 0 bridgehead atoms. The monoisotopic (exact) mass is 195 g/mol. The topological polar surface area (TPSA) is 63.3 Å². The molecule has 14 heavy (non-hydrogen) atoms. The molecule has 78 valence electrons. The lowest BCUT2D eigenvalue weighted by atomic mass is 9.72. The Labute approximate surface area is 84.0 Å². The van der Waals surface area contributed by atoms with Crippen LogP contribution in [0, 0.1) is 11.8 Å². The second-order valence-corrected chi connectivity index (χ2v) is 4.44. The molecule has 1 fully saturated rings. The summed E-state index contributed by atoms with van der Waals surface area (Å²) < 4.78 is 0. The average molecular weight is 195 g/mol. The molecule has 3 nitrogen and oxygen atoms in total. The summed E-state index contributed by atoms with van der Waals surface area (Å²) in [7, 11) is 0.